The van der Waals surface area contributed by atoms with E-state index in [0.717, 1.165) is 12.3 Å². The molecule has 1 N–H and O–H groups in total. The van der Waals surface area contributed by atoms with E-state index in [-0.39, 0.29) is 16.9 Å². The van der Waals surface area contributed by atoms with E-state index >= 15 is 0 Å². The summed E-state index contributed by atoms with van der Waals surface area (Å²) in [4.78, 5) is 13.5. The Morgan fingerprint density at radius 1 is 1.24 bits per heavy atom. The zero-order valence-corrected chi connectivity index (χ0v) is 11.4. The van der Waals surface area contributed by atoms with E-state index in [2.05, 4.69) is 9.71 Å². The van der Waals surface area contributed by atoms with E-state index < -0.39 is 26.6 Å². The number of anilines is 1. The highest BCUT2D eigenvalue weighted by atomic mass is 32.2. The molecule has 0 bridgehead atoms. The number of nitrogens with zero attached hydrogens (tertiary/aromatic N) is 2. The van der Waals surface area contributed by atoms with Crippen molar-refractivity contribution in [3.63, 3.8) is 0 Å². The molecule has 0 amide bonds. The molecule has 21 heavy (non-hydrogen) atoms. The summed E-state index contributed by atoms with van der Waals surface area (Å²) in [5.74, 6) is -1.31. The molecule has 0 aliphatic rings. The highest BCUT2D eigenvalue weighted by molar-refractivity contribution is 7.91. The van der Waals surface area contributed by atoms with Gasteiger partial charge in [-0.25, -0.2) is 13.4 Å². The van der Waals surface area contributed by atoms with Crippen LogP contribution in [0.4, 0.5) is 15.8 Å². The first-order chi connectivity index (χ1) is 9.87. The van der Waals surface area contributed by atoms with Gasteiger partial charge in [-0.1, -0.05) is 18.2 Å². The molecule has 0 saturated heterocycles. The van der Waals surface area contributed by atoms with Gasteiger partial charge in [0.2, 0.25) is 16.0 Å². The second kappa shape index (κ2) is 5.83. The topological polar surface area (TPSA) is 102 Å². The van der Waals surface area contributed by atoms with Crippen molar-refractivity contribution in [1.29, 1.82) is 0 Å². The molecule has 1 aromatic carbocycles. The van der Waals surface area contributed by atoms with Crippen LogP contribution in [0.15, 0.2) is 42.6 Å². The summed E-state index contributed by atoms with van der Waals surface area (Å²) >= 11 is 0. The molecule has 0 radical (unpaired) electrons. The number of hydrogen-bond donors (Lipinski definition) is 1. The largest absolute Gasteiger partial charge is 0.282 e. The van der Waals surface area contributed by atoms with Crippen molar-refractivity contribution in [2.45, 2.75) is 5.75 Å². The summed E-state index contributed by atoms with van der Waals surface area (Å²) in [6.07, 6.45) is 1.02. The fourth-order valence-corrected chi connectivity index (χ4v) is 2.87. The Hall–Kier alpha value is -2.55. The van der Waals surface area contributed by atoms with Gasteiger partial charge in [0.05, 0.1) is 16.8 Å². The molecule has 1 aromatic heterocycles. The van der Waals surface area contributed by atoms with Crippen LogP contribution in [0.1, 0.15) is 5.56 Å². The van der Waals surface area contributed by atoms with Crippen molar-refractivity contribution in [3.8, 4) is 0 Å². The highest BCUT2D eigenvalue weighted by Crippen LogP contribution is 2.21. The molecular weight excluding hydrogens is 301 g/mol. The van der Waals surface area contributed by atoms with Gasteiger partial charge in [0, 0.05) is 11.6 Å². The summed E-state index contributed by atoms with van der Waals surface area (Å²) in [5.41, 5.74) is -0.139. The molecular formula is C12H10FN3O4S. The van der Waals surface area contributed by atoms with E-state index in [1.165, 1.54) is 30.3 Å². The predicted octanol–water partition coefficient (Wildman–Crippen LogP) is 2.07. The van der Waals surface area contributed by atoms with Gasteiger partial charge in [-0.3, -0.25) is 14.8 Å². The zero-order chi connectivity index (χ0) is 15.5. The van der Waals surface area contributed by atoms with Gasteiger partial charge in [0.15, 0.2) is 0 Å². The number of halogens is 1. The minimum absolute atomic E-state index is 0.0603. The Morgan fingerprint density at radius 3 is 2.57 bits per heavy atom. The average Bonchev–Trinajstić information content (AvgIpc) is 2.41. The second-order valence-corrected chi connectivity index (χ2v) is 5.84. The van der Waals surface area contributed by atoms with Gasteiger partial charge in [-0.2, -0.15) is 4.39 Å². The van der Waals surface area contributed by atoms with Gasteiger partial charge >= 0.3 is 0 Å². The quantitative estimate of drug-likeness (QED) is 0.517. The zero-order valence-electron chi connectivity index (χ0n) is 10.6. The SMILES string of the molecule is O=[N+]([O-])c1ccccc1CS(=O)(=O)Nc1ccc(F)nc1. The number of nitrogens with one attached hydrogen (secondary N) is 1. The lowest BCUT2D eigenvalue weighted by Crippen LogP contribution is -2.16. The summed E-state index contributed by atoms with van der Waals surface area (Å²) in [6, 6.07) is 7.76. The lowest BCUT2D eigenvalue weighted by atomic mass is 10.2. The van der Waals surface area contributed by atoms with Crippen LogP contribution in [0.25, 0.3) is 0 Å². The lowest BCUT2D eigenvalue weighted by molar-refractivity contribution is -0.385. The van der Waals surface area contributed by atoms with Crippen LogP contribution in [0.3, 0.4) is 0 Å². The molecule has 0 fully saturated rings. The minimum Gasteiger partial charge on any atom is -0.282 e. The standard InChI is InChI=1S/C12H10FN3O4S/c13-12-6-5-10(7-14-12)15-21(19,20)8-9-3-1-2-4-11(9)16(17)18/h1-7,15H,8H2. The molecule has 1 heterocycles. The van der Waals surface area contributed by atoms with E-state index in [4.69, 9.17) is 0 Å². The summed E-state index contributed by atoms with van der Waals surface area (Å²) < 4.78 is 38.8. The van der Waals surface area contributed by atoms with E-state index in [1.807, 2.05) is 0 Å². The lowest BCUT2D eigenvalue weighted by Gasteiger charge is -2.08. The minimum atomic E-state index is -3.87. The maximum absolute atomic E-state index is 12.6. The Balaban J connectivity index is 2.22. The third-order valence-corrected chi connectivity index (χ3v) is 3.77. The first-order valence-corrected chi connectivity index (χ1v) is 7.37. The van der Waals surface area contributed by atoms with E-state index in [9.17, 15) is 22.9 Å². The third-order valence-electron chi connectivity index (χ3n) is 2.53. The fourth-order valence-electron chi connectivity index (χ4n) is 1.67. The summed E-state index contributed by atoms with van der Waals surface area (Å²) in [7, 11) is -3.87. The Morgan fingerprint density at radius 2 is 1.95 bits per heavy atom. The van der Waals surface area contributed by atoms with E-state index in [0.29, 0.717) is 0 Å². The average molecular weight is 311 g/mol. The Kier molecular flexibility index (Phi) is 4.13. The molecule has 2 rings (SSSR count). The smallest absolute Gasteiger partial charge is 0.273 e. The fraction of sp³-hybridized carbons (Fsp3) is 0.0833. The Labute approximate surface area is 119 Å². The molecule has 9 heteroatoms. The third kappa shape index (κ3) is 3.96. The van der Waals surface area contributed by atoms with Gasteiger partial charge in [-0.15, -0.1) is 0 Å². The van der Waals surface area contributed by atoms with Crippen molar-refractivity contribution in [3.05, 3.63) is 64.2 Å². The van der Waals surface area contributed by atoms with Crippen molar-refractivity contribution < 1.29 is 17.7 Å². The monoisotopic (exact) mass is 311 g/mol. The molecule has 2 aromatic rings. The van der Waals surface area contributed by atoms with Gasteiger partial charge in [-0.05, 0) is 12.1 Å². The van der Waals surface area contributed by atoms with Crippen LogP contribution >= 0.6 is 0 Å². The summed E-state index contributed by atoms with van der Waals surface area (Å²) in [5, 5.41) is 10.8. The molecule has 0 aliphatic carbocycles. The van der Waals surface area contributed by atoms with E-state index in [1.54, 1.807) is 0 Å². The van der Waals surface area contributed by atoms with Gasteiger partial charge in [0.1, 0.15) is 5.75 Å². The number of rotatable bonds is 5. The first-order valence-electron chi connectivity index (χ1n) is 5.72. The van der Waals surface area contributed by atoms with Crippen LogP contribution in [-0.2, 0) is 15.8 Å². The maximum atomic E-state index is 12.6. The number of hydrogen-bond acceptors (Lipinski definition) is 5. The van der Waals surface area contributed by atoms with Crippen molar-refractivity contribution >= 4 is 21.4 Å². The number of para-hydroxylation sites is 1. The number of sulfonamides is 1. The van der Waals surface area contributed by atoms with Gasteiger partial charge < -0.3 is 0 Å². The maximum Gasteiger partial charge on any atom is 0.273 e. The van der Waals surface area contributed by atoms with Crippen LogP contribution in [-0.4, -0.2) is 18.3 Å². The molecule has 0 atom stereocenters. The molecule has 0 spiro atoms. The van der Waals surface area contributed by atoms with Crippen LogP contribution in [0, 0.1) is 16.1 Å². The molecule has 7 nitrogen and oxygen atoms in total. The molecule has 0 aliphatic heterocycles. The van der Waals surface area contributed by atoms with Gasteiger partial charge in [0.25, 0.3) is 5.69 Å². The van der Waals surface area contributed by atoms with Crippen LogP contribution < -0.4 is 4.72 Å². The molecule has 0 saturated carbocycles. The number of aromatic nitrogens is 1. The first kappa shape index (κ1) is 14.9. The second-order valence-electron chi connectivity index (χ2n) is 4.12. The van der Waals surface area contributed by atoms with Crippen molar-refractivity contribution in [2.75, 3.05) is 4.72 Å². The molecule has 0 unspecified atom stereocenters. The Bertz CT molecular complexity index is 762. The predicted molar refractivity (Wildman–Crippen MR) is 73.5 cm³/mol. The van der Waals surface area contributed by atoms with Crippen LogP contribution in [0.2, 0.25) is 0 Å². The molecule has 110 valence electrons. The van der Waals surface area contributed by atoms with Crippen molar-refractivity contribution in [2.24, 2.45) is 0 Å². The number of benzene rings is 1. The number of pyridine rings is 1. The summed E-state index contributed by atoms with van der Waals surface area (Å²) in [6.45, 7) is 0. The number of nitro benzene ring substituents is 1. The van der Waals surface area contributed by atoms with Crippen molar-refractivity contribution in [1.82, 2.24) is 4.98 Å². The number of nitro groups is 1. The van der Waals surface area contributed by atoms with Crippen LogP contribution in [0.5, 0.6) is 0 Å². The highest BCUT2D eigenvalue weighted by Gasteiger charge is 2.19. The normalized spacial score (nSPS) is 11.1.